The van der Waals surface area contributed by atoms with Crippen molar-refractivity contribution >= 4 is 22.8 Å². The number of fused-ring (bicyclic) bond motifs is 1. The fraction of sp³-hybridized carbons (Fsp3) is 0.474. The number of furan rings is 1. The third-order valence-corrected chi connectivity index (χ3v) is 4.40. The smallest absolute Gasteiger partial charge is 0.327 e. The zero-order valence-corrected chi connectivity index (χ0v) is 16.3. The first-order valence-corrected chi connectivity index (χ1v) is 8.92. The van der Waals surface area contributed by atoms with Crippen LogP contribution >= 0.6 is 0 Å². The number of esters is 1. The second-order valence-corrected chi connectivity index (χ2v) is 7.44. The van der Waals surface area contributed by atoms with Crippen LogP contribution in [0.5, 0.6) is 0 Å². The van der Waals surface area contributed by atoms with Gasteiger partial charge in [-0.1, -0.05) is 27.7 Å². The lowest BCUT2D eigenvalue weighted by Gasteiger charge is -2.30. The Kier molecular flexibility index (Phi) is 5.16. The van der Waals surface area contributed by atoms with Crippen molar-refractivity contribution in [2.45, 2.75) is 46.7 Å². The normalized spacial score (nSPS) is 12.9. The van der Waals surface area contributed by atoms with E-state index in [1.807, 2.05) is 12.1 Å². The molecule has 3 aromatic heterocycles. The van der Waals surface area contributed by atoms with E-state index in [0.717, 1.165) is 23.3 Å². The van der Waals surface area contributed by atoms with Crippen LogP contribution in [0.25, 0.3) is 11.0 Å². The van der Waals surface area contributed by atoms with Gasteiger partial charge in [-0.05, 0) is 17.5 Å². The van der Waals surface area contributed by atoms with E-state index >= 15 is 0 Å². The summed E-state index contributed by atoms with van der Waals surface area (Å²) in [6, 6.07) is 3.90. The molecule has 0 saturated heterocycles. The van der Waals surface area contributed by atoms with Gasteiger partial charge < -0.3 is 14.5 Å². The number of rotatable bonds is 6. The minimum absolute atomic E-state index is 0.00278. The molecule has 0 spiro atoms. The maximum atomic E-state index is 11.6. The number of carbonyl (C=O) groups is 1. The molecule has 0 aromatic carbocycles. The number of methoxy groups -OCH3 is 1. The number of anilines is 1. The zero-order chi connectivity index (χ0) is 19.6. The summed E-state index contributed by atoms with van der Waals surface area (Å²) in [6.45, 7) is 8.47. The van der Waals surface area contributed by atoms with Crippen molar-refractivity contribution < 1.29 is 13.9 Å². The largest absolute Gasteiger partial charge is 0.468 e. The summed E-state index contributed by atoms with van der Waals surface area (Å²) in [5.74, 6) is 2.06. The molecule has 27 heavy (non-hydrogen) atoms. The Balaban J connectivity index is 1.96. The van der Waals surface area contributed by atoms with Crippen LogP contribution in [0, 0.1) is 5.41 Å². The standard InChI is InChI=1S/C19H25N5O3/c1-6-12-7-8-14(27-12)16(19(2,3)4)23-17-13-9-22-24(10-15(25)26-5)18(13)21-11-20-17/h7-9,11,16H,6,10H2,1-5H3,(H,20,21,23)/t16-/m1/s1. The van der Waals surface area contributed by atoms with E-state index in [0.29, 0.717) is 11.5 Å². The average Bonchev–Trinajstić information content (AvgIpc) is 3.26. The summed E-state index contributed by atoms with van der Waals surface area (Å²) in [6.07, 6.45) is 3.95. The lowest BCUT2D eigenvalue weighted by molar-refractivity contribution is -0.141. The van der Waals surface area contributed by atoms with Gasteiger partial charge in [0.05, 0.1) is 24.7 Å². The SMILES string of the molecule is CCc1ccc([C@@H](Nc2ncnc3c2cnn3CC(=O)OC)C(C)(C)C)o1. The first-order valence-electron chi connectivity index (χ1n) is 8.92. The molecular formula is C19H25N5O3. The van der Waals surface area contributed by atoms with E-state index in [1.54, 1.807) is 6.20 Å². The third-order valence-electron chi connectivity index (χ3n) is 4.40. The predicted octanol–water partition coefficient (Wildman–Crippen LogP) is 3.35. The second-order valence-electron chi connectivity index (χ2n) is 7.44. The van der Waals surface area contributed by atoms with Gasteiger partial charge in [-0.25, -0.2) is 14.6 Å². The van der Waals surface area contributed by atoms with Crippen LogP contribution in [-0.2, 0) is 22.5 Å². The summed E-state index contributed by atoms with van der Waals surface area (Å²) in [5.41, 5.74) is 0.446. The monoisotopic (exact) mass is 371 g/mol. The molecule has 1 N–H and O–H groups in total. The molecule has 1 atom stereocenters. The first-order chi connectivity index (χ1) is 12.8. The average molecular weight is 371 g/mol. The van der Waals surface area contributed by atoms with Crippen molar-refractivity contribution in [2.24, 2.45) is 5.41 Å². The van der Waals surface area contributed by atoms with E-state index in [9.17, 15) is 4.79 Å². The molecule has 3 aromatic rings. The zero-order valence-electron chi connectivity index (χ0n) is 16.3. The number of nitrogens with zero attached hydrogens (tertiary/aromatic N) is 4. The third kappa shape index (κ3) is 3.94. The molecule has 144 valence electrons. The number of nitrogens with one attached hydrogen (secondary N) is 1. The molecule has 3 heterocycles. The van der Waals surface area contributed by atoms with Crippen molar-refractivity contribution in [1.29, 1.82) is 0 Å². The van der Waals surface area contributed by atoms with Crippen molar-refractivity contribution in [3.05, 3.63) is 36.2 Å². The van der Waals surface area contributed by atoms with Gasteiger partial charge in [0.2, 0.25) is 0 Å². The summed E-state index contributed by atoms with van der Waals surface area (Å²) in [4.78, 5) is 20.2. The second kappa shape index (κ2) is 7.38. The molecular weight excluding hydrogens is 346 g/mol. The van der Waals surface area contributed by atoms with Crippen LogP contribution in [0.2, 0.25) is 0 Å². The number of aryl methyl sites for hydroxylation is 1. The molecule has 0 amide bonds. The lowest BCUT2D eigenvalue weighted by atomic mass is 9.85. The van der Waals surface area contributed by atoms with Crippen LogP contribution in [0.1, 0.15) is 45.3 Å². The van der Waals surface area contributed by atoms with Crippen molar-refractivity contribution in [1.82, 2.24) is 19.7 Å². The molecule has 3 rings (SSSR count). The highest BCUT2D eigenvalue weighted by Crippen LogP contribution is 2.37. The van der Waals surface area contributed by atoms with Gasteiger partial charge in [0.1, 0.15) is 30.2 Å². The molecule has 0 aliphatic rings. The topological polar surface area (TPSA) is 95.1 Å². The maximum absolute atomic E-state index is 11.6. The number of carbonyl (C=O) groups excluding carboxylic acids is 1. The predicted molar refractivity (Wildman–Crippen MR) is 101 cm³/mol. The van der Waals surface area contributed by atoms with E-state index in [4.69, 9.17) is 9.15 Å². The van der Waals surface area contributed by atoms with Crippen LogP contribution in [-0.4, -0.2) is 32.8 Å². The molecule has 8 nitrogen and oxygen atoms in total. The van der Waals surface area contributed by atoms with Crippen molar-refractivity contribution in [3.63, 3.8) is 0 Å². The molecule has 0 fully saturated rings. The fourth-order valence-electron chi connectivity index (χ4n) is 2.90. The number of aromatic nitrogens is 4. The van der Waals surface area contributed by atoms with Crippen LogP contribution in [0.3, 0.4) is 0 Å². The fourth-order valence-corrected chi connectivity index (χ4v) is 2.90. The van der Waals surface area contributed by atoms with Gasteiger partial charge in [0, 0.05) is 6.42 Å². The molecule has 0 unspecified atom stereocenters. The lowest BCUT2D eigenvalue weighted by Crippen LogP contribution is -2.26. The minimum Gasteiger partial charge on any atom is -0.468 e. The maximum Gasteiger partial charge on any atom is 0.327 e. The quantitative estimate of drug-likeness (QED) is 0.664. The Labute approximate surface area is 157 Å². The number of hydrogen-bond donors (Lipinski definition) is 1. The number of ether oxygens (including phenoxy) is 1. The summed E-state index contributed by atoms with van der Waals surface area (Å²) < 4.78 is 12.2. The van der Waals surface area contributed by atoms with Gasteiger partial charge in [-0.15, -0.1) is 0 Å². The van der Waals surface area contributed by atoms with Gasteiger partial charge >= 0.3 is 5.97 Å². The Morgan fingerprint density at radius 3 is 2.74 bits per heavy atom. The highest BCUT2D eigenvalue weighted by atomic mass is 16.5. The Morgan fingerprint density at radius 1 is 1.33 bits per heavy atom. The van der Waals surface area contributed by atoms with Crippen LogP contribution in [0.4, 0.5) is 5.82 Å². The number of hydrogen-bond acceptors (Lipinski definition) is 7. The van der Waals surface area contributed by atoms with Gasteiger partial charge in [0.25, 0.3) is 0 Å². The highest BCUT2D eigenvalue weighted by molar-refractivity contribution is 5.87. The van der Waals surface area contributed by atoms with Gasteiger partial charge in [0.15, 0.2) is 5.65 Å². The van der Waals surface area contributed by atoms with E-state index < -0.39 is 0 Å². The Hall–Kier alpha value is -2.90. The molecule has 0 saturated carbocycles. The summed E-state index contributed by atoms with van der Waals surface area (Å²) >= 11 is 0. The molecule has 0 radical (unpaired) electrons. The summed E-state index contributed by atoms with van der Waals surface area (Å²) in [7, 11) is 1.35. The van der Waals surface area contributed by atoms with E-state index in [2.05, 4.69) is 48.1 Å². The van der Waals surface area contributed by atoms with E-state index in [-0.39, 0.29) is 24.0 Å². The van der Waals surface area contributed by atoms with E-state index in [1.165, 1.54) is 18.1 Å². The molecule has 0 aliphatic heterocycles. The molecule has 0 bridgehead atoms. The first kappa shape index (κ1) is 18.9. The highest BCUT2D eigenvalue weighted by Gasteiger charge is 2.30. The van der Waals surface area contributed by atoms with Crippen molar-refractivity contribution in [3.8, 4) is 0 Å². The van der Waals surface area contributed by atoms with Crippen LogP contribution in [0.15, 0.2) is 29.1 Å². The van der Waals surface area contributed by atoms with Gasteiger partial charge in [-0.3, -0.25) is 4.79 Å². The molecule has 8 heteroatoms. The Bertz CT molecular complexity index is 938. The minimum atomic E-state index is -0.386. The summed E-state index contributed by atoms with van der Waals surface area (Å²) in [5, 5.41) is 8.47. The van der Waals surface area contributed by atoms with Crippen LogP contribution < -0.4 is 5.32 Å². The van der Waals surface area contributed by atoms with Gasteiger partial charge in [-0.2, -0.15) is 5.10 Å². The van der Waals surface area contributed by atoms with Crippen molar-refractivity contribution in [2.75, 3.05) is 12.4 Å². The molecule has 0 aliphatic carbocycles. The Morgan fingerprint density at radius 2 is 2.11 bits per heavy atom.